The van der Waals surface area contributed by atoms with E-state index in [1.54, 1.807) is 38.4 Å². The first-order valence-corrected chi connectivity index (χ1v) is 15.4. The lowest BCUT2D eigenvalue weighted by molar-refractivity contribution is 0.0235. The largest absolute Gasteiger partial charge is 0.474 e. The number of fused-ring (bicyclic) bond motifs is 2. The molecule has 5 atom stereocenters. The number of nitrogens with two attached hydrogens (primary N) is 1. The van der Waals surface area contributed by atoms with Crippen molar-refractivity contribution in [1.29, 1.82) is 0 Å². The number of ether oxygens (including phenoxy) is 2. The Morgan fingerprint density at radius 2 is 1.85 bits per heavy atom. The maximum Gasteiger partial charge on any atom is 0.340 e. The highest BCUT2D eigenvalue weighted by Gasteiger charge is 2.32. The molecule has 10 nitrogen and oxygen atoms in total. The highest BCUT2D eigenvalue weighted by molar-refractivity contribution is 7.91. The van der Waals surface area contributed by atoms with Crippen molar-refractivity contribution in [2.24, 2.45) is 5.73 Å². The Labute approximate surface area is 236 Å². The Morgan fingerprint density at radius 3 is 2.52 bits per heavy atom. The lowest BCUT2D eigenvalue weighted by Gasteiger charge is -2.27. The van der Waals surface area contributed by atoms with Crippen molar-refractivity contribution in [2.45, 2.75) is 90.2 Å². The summed E-state index contributed by atoms with van der Waals surface area (Å²) < 4.78 is 36.1. The number of pyridine rings is 3. The number of cyclic esters (lactones) is 1. The summed E-state index contributed by atoms with van der Waals surface area (Å²) in [5.41, 5.74) is 7.99. The van der Waals surface area contributed by atoms with E-state index >= 15 is 0 Å². The van der Waals surface area contributed by atoms with Crippen molar-refractivity contribution in [3.05, 3.63) is 47.4 Å². The van der Waals surface area contributed by atoms with E-state index in [-0.39, 0.29) is 29.8 Å². The van der Waals surface area contributed by atoms with Crippen LogP contribution < -0.4 is 15.8 Å². The summed E-state index contributed by atoms with van der Waals surface area (Å²) in [7, 11) is -3.18. The molecule has 1 aliphatic rings. The smallest absolute Gasteiger partial charge is 0.340 e. The van der Waals surface area contributed by atoms with Crippen LogP contribution in [0, 0.1) is 0 Å². The zero-order valence-corrected chi connectivity index (χ0v) is 25.0. The maximum absolute atomic E-state index is 12.3. The lowest BCUT2D eigenvalue weighted by Crippen LogP contribution is -2.32. The van der Waals surface area contributed by atoms with Gasteiger partial charge in [-0.2, -0.15) is 0 Å². The molecule has 1 unspecified atom stereocenters. The first kappa shape index (κ1) is 29.7. The maximum atomic E-state index is 12.3. The highest BCUT2D eigenvalue weighted by atomic mass is 32.2. The Balaban J connectivity index is 1.69. The number of esters is 1. The predicted octanol–water partition coefficient (Wildman–Crippen LogP) is 5.00. The van der Waals surface area contributed by atoms with E-state index in [2.05, 4.69) is 15.3 Å². The summed E-state index contributed by atoms with van der Waals surface area (Å²) in [6.07, 6.45) is 3.76. The Kier molecular flexibility index (Phi) is 8.37. The lowest BCUT2D eigenvalue weighted by atomic mass is 9.88. The van der Waals surface area contributed by atoms with Gasteiger partial charge in [0.1, 0.15) is 17.7 Å². The van der Waals surface area contributed by atoms with E-state index in [0.717, 1.165) is 10.9 Å². The second-order valence-corrected chi connectivity index (χ2v) is 13.7. The zero-order chi connectivity index (χ0) is 29.4. The molecule has 216 valence electrons. The Hall–Kier alpha value is -3.31. The Morgan fingerprint density at radius 1 is 1.12 bits per heavy atom. The first-order chi connectivity index (χ1) is 18.8. The number of hydrogen-bond acceptors (Lipinski definition) is 10. The van der Waals surface area contributed by atoms with Crippen molar-refractivity contribution in [3.8, 4) is 5.88 Å². The molecule has 0 bridgehead atoms. The van der Waals surface area contributed by atoms with Crippen LogP contribution in [0.1, 0.15) is 88.8 Å². The van der Waals surface area contributed by atoms with Gasteiger partial charge >= 0.3 is 5.97 Å². The molecule has 0 spiro atoms. The number of rotatable bonds is 10. The molecule has 0 radical (unpaired) electrons. The second kappa shape index (κ2) is 11.3. The number of carbonyl (C=O) groups excluding carboxylic acids is 1. The van der Waals surface area contributed by atoms with E-state index in [9.17, 15) is 13.2 Å². The van der Waals surface area contributed by atoms with Crippen molar-refractivity contribution in [1.82, 2.24) is 15.0 Å². The summed E-state index contributed by atoms with van der Waals surface area (Å²) in [5.74, 6) is 1.13. The van der Waals surface area contributed by atoms with Crippen LogP contribution in [0.5, 0.6) is 5.88 Å². The van der Waals surface area contributed by atoms with Crippen molar-refractivity contribution in [3.63, 3.8) is 0 Å². The second-order valence-electron chi connectivity index (χ2n) is 10.9. The van der Waals surface area contributed by atoms with Gasteiger partial charge in [-0.1, -0.05) is 20.8 Å². The molecule has 3 aromatic heterocycles. The standard InChI is InChI=1S/C29H39N5O5S/c1-8-29(7,30)23-15-32-27(38-16(3)12-17(4)40(36,37)9-2)22-14-31-25(13-21(22)23)33-24-11-10-20-26(34-24)18(5)19(6)39-28(20)35/h10-11,13-19H,8-9,12,30H2,1-7H3,(H,31,33,34)/t16-,17-,18+,19+,29?/m1/s1. The molecule has 11 heteroatoms. The molecule has 4 rings (SSSR count). The molecule has 4 heterocycles. The average Bonchev–Trinajstić information content (AvgIpc) is 2.91. The number of nitrogens with one attached hydrogen (secondary N) is 1. The van der Waals surface area contributed by atoms with Crippen LogP contribution in [0.15, 0.2) is 30.6 Å². The van der Waals surface area contributed by atoms with E-state index in [1.165, 1.54) is 0 Å². The van der Waals surface area contributed by atoms with Crippen LogP contribution in [-0.2, 0) is 20.1 Å². The molecule has 0 fully saturated rings. The monoisotopic (exact) mass is 569 g/mol. The number of nitrogens with zero attached hydrogens (tertiary/aromatic N) is 3. The third kappa shape index (κ3) is 5.90. The zero-order valence-electron chi connectivity index (χ0n) is 24.2. The molecule has 3 aromatic rings. The molecule has 0 amide bonds. The van der Waals surface area contributed by atoms with E-state index in [0.29, 0.717) is 47.0 Å². The van der Waals surface area contributed by atoms with Crippen molar-refractivity contribution < 1.29 is 22.7 Å². The minimum absolute atomic E-state index is 0.0454. The summed E-state index contributed by atoms with van der Waals surface area (Å²) >= 11 is 0. The molecular weight excluding hydrogens is 530 g/mol. The minimum Gasteiger partial charge on any atom is -0.474 e. The topological polar surface area (TPSA) is 146 Å². The van der Waals surface area contributed by atoms with Crippen LogP contribution in [0.25, 0.3) is 10.8 Å². The highest BCUT2D eigenvalue weighted by Crippen LogP contribution is 2.35. The van der Waals surface area contributed by atoms with Crippen LogP contribution in [0.3, 0.4) is 0 Å². The quantitative estimate of drug-likeness (QED) is 0.320. The summed E-state index contributed by atoms with van der Waals surface area (Å²) in [5, 5.41) is 4.22. The summed E-state index contributed by atoms with van der Waals surface area (Å²) in [6.45, 7) is 13.0. The molecular formula is C29H39N5O5S. The van der Waals surface area contributed by atoms with Crippen molar-refractivity contribution >= 4 is 38.2 Å². The van der Waals surface area contributed by atoms with Crippen LogP contribution in [0.2, 0.25) is 0 Å². The number of aromatic nitrogens is 3. The normalized spacial score (nSPS) is 20.2. The van der Waals surface area contributed by atoms with Gasteiger partial charge in [-0.15, -0.1) is 0 Å². The van der Waals surface area contributed by atoms with E-state index in [4.69, 9.17) is 20.2 Å². The van der Waals surface area contributed by atoms with Gasteiger partial charge in [0.15, 0.2) is 9.84 Å². The molecule has 0 saturated carbocycles. The number of carbonyl (C=O) groups is 1. The summed E-state index contributed by atoms with van der Waals surface area (Å²) in [6, 6.07) is 5.33. The van der Waals surface area contributed by atoms with Gasteiger partial charge in [0.05, 0.1) is 28.0 Å². The molecule has 0 saturated heterocycles. The van der Waals surface area contributed by atoms with E-state index < -0.39 is 20.6 Å². The minimum atomic E-state index is -3.18. The van der Waals surface area contributed by atoms with Gasteiger partial charge in [0, 0.05) is 36.0 Å². The Bertz CT molecular complexity index is 1520. The van der Waals surface area contributed by atoms with Crippen LogP contribution in [0.4, 0.5) is 11.6 Å². The van der Waals surface area contributed by atoms with Gasteiger partial charge in [-0.05, 0) is 63.3 Å². The van der Waals surface area contributed by atoms with Gasteiger partial charge in [0.2, 0.25) is 5.88 Å². The van der Waals surface area contributed by atoms with Crippen LogP contribution in [-0.4, -0.2) is 52.5 Å². The predicted molar refractivity (Wildman–Crippen MR) is 156 cm³/mol. The van der Waals surface area contributed by atoms with E-state index in [1.807, 2.05) is 40.7 Å². The number of hydrogen-bond donors (Lipinski definition) is 2. The molecule has 40 heavy (non-hydrogen) atoms. The molecule has 1 aliphatic heterocycles. The first-order valence-electron chi connectivity index (χ1n) is 13.7. The average molecular weight is 570 g/mol. The van der Waals surface area contributed by atoms with Crippen molar-refractivity contribution in [2.75, 3.05) is 11.1 Å². The molecule has 3 N–H and O–H groups in total. The van der Waals surface area contributed by atoms with Crippen LogP contribution >= 0.6 is 0 Å². The number of sulfone groups is 1. The fourth-order valence-electron chi connectivity index (χ4n) is 4.81. The number of anilines is 2. The van der Waals surface area contributed by atoms with Gasteiger partial charge in [-0.3, -0.25) is 0 Å². The van der Waals surface area contributed by atoms with Gasteiger partial charge < -0.3 is 20.5 Å². The van der Waals surface area contributed by atoms with Gasteiger partial charge in [-0.25, -0.2) is 28.2 Å². The fourth-order valence-corrected chi connectivity index (χ4v) is 5.94. The third-order valence-corrected chi connectivity index (χ3v) is 10.1. The molecule has 0 aromatic carbocycles. The SMILES string of the molecule is CCC(C)(N)c1cnc(O[C@H](C)C[C@@H](C)S(=O)(=O)CC)c2cnc(Nc3ccc4c(n3)[C@@H](C)[C@H](C)OC4=O)cc12. The summed E-state index contributed by atoms with van der Waals surface area (Å²) in [4.78, 5) is 26.2. The molecule has 0 aliphatic carbocycles. The third-order valence-electron chi connectivity index (χ3n) is 7.91. The van der Waals surface area contributed by atoms with Gasteiger partial charge in [0.25, 0.3) is 0 Å². The fraction of sp³-hybridized carbons (Fsp3) is 0.517.